The van der Waals surface area contributed by atoms with E-state index in [0.717, 1.165) is 55.8 Å². The Bertz CT molecular complexity index is 3500. The molecule has 12 aromatic rings. The van der Waals surface area contributed by atoms with Crippen LogP contribution < -0.4 is 4.90 Å². The van der Waals surface area contributed by atoms with Crippen LogP contribution in [0.2, 0.25) is 0 Å². The number of para-hydroxylation sites is 3. The Morgan fingerprint density at radius 3 is 1.90 bits per heavy atom. The molecular formula is C54H34N2OS. The minimum absolute atomic E-state index is 0.859. The number of nitrogens with zero attached hydrogens (tertiary/aromatic N) is 2. The van der Waals surface area contributed by atoms with E-state index in [1.165, 1.54) is 53.2 Å². The first-order valence-corrected chi connectivity index (χ1v) is 20.5. The van der Waals surface area contributed by atoms with Gasteiger partial charge in [-0.1, -0.05) is 133 Å². The maximum atomic E-state index is 6.56. The summed E-state index contributed by atoms with van der Waals surface area (Å²) in [5.74, 6) is 0. The maximum absolute atomic E-state index is 6.56. The SMILES string of the molecule is c1ccc(-c2ccc(N(c3ccc4c(c3)oc3ccccc34)c3cc4c(cc3-c3cccc5c3sc3ccccc35)c3ccccc3n4-c3ccccc3)cc2)cc1. The Labute approximate surface area is 338 Å². The Kier molecular flexibility index (Phi) is 7.40. The highest BCUT2D eigenvalue weighted by Gasteiger charge is 2.24. The molecule has 0 bridgehead atoms. The molecule has 0 atom stereocenters. The molecule has 0 fully saturated rings. The van der Waals surface area contributed by atoms with E-state index in [9.17, 15) is 0 Å². The van der Waals surface area contributed by atoms with Crippen molar-refractivity contribution in [3.8, 4) is 27.9 Å². The number of aromatic nitrogens is 1. The lowest BCUT2D eigenvalue weighted by molar-refractivity contribution is 0.669. The topological polar surface area (TPSA) is 21.3 Å². The third kappa shape index (κ3) is 5.12. The molecule has 0 aliphatic carbocycles. The number of hydrogen-bond acceptors (Lipinski definition) is 3. The van der Waals surface area contributed by atoms with Gasteiger partial charge >= 0.3 is 0 Å². The molecule has 3 nitrogen and oxygen atoms in total. The van der Waals surface area contributed by atoms with Crippen LogP contribution in [-0.2, 0) is 0 Å². The third-order valence-corrected chi connectivity index (χ3v) is 12.8. The zero-order chi connectivity index (χ0) is 38.2. The molecule has 0 N–H and O–H groups in total. The largest absolute Gasteiger partial charge is 0.456 e. The van der Waals surface area contributed by atoms with Crippen molar-refractivity contribution >= 4 is 92.3 Å². The molecule has 0 radical (unpaired) electrons. The number of furan rings is 1. The molecule has 0 saturated carbocycles. The molecule has 3 aromatic heterocycles. The minimum Gasteiger partial charge on any atom is -0.456 e. The lowest BCUT2D eigenvalue weighted by Gasteiger charge is -2.28. The van der Waals surface area contributed by atoms with E-state index in [1.54, 1.807) is 0 Å². The predicted octanol–water partition coefficient (Wildman–Crippen LogP) is 15.9. The van der Waals surface area contributed by atoms with E-state index < -0.39 is 0 Å². The van der Waals surface area contributed by atoms with Gasteiger partial charge in [-0.3, -0.25) is 0 Å². The number of fused-ring (bicyclic) bond motifs is 9. The van der Waals surface area contributed by atoms with Gasteiger partial charge in [0.1, 0.15) is 11.2 Å². The van der Waals surface area contributed by atoms with Crippen LogP contribution in [0.1, 0.15) is 0 Å². The van der Waals surface area contributed by atoms with E-state index >= 15 is 0 Å². The lowest BCUT2D eigenvalue weighted by atomic mass is 9.97. The van der Waals surface area contributed by atoms with Crippen LogP contribution in [0.4, 0.5) is 17.1 Å². The minimum atomic E-state index is 0.859. The predicted molar refractivity (Wildman–Crippen MR) is 247 cm³/mol. The summed E-state index contributed by atoms with van der Waals surface area (Å²) in [6.07, 6.45) is 0. The van der Waals surface area contributed by atoms with Gasteiger partial charge in [-0.15, -0.1) is 11.3 Å². The highest BCUT2D eigenvalue weighted by atomic mass is 32.1. The fraction of sp³-hybridized carbons (Fsp3) is 0. The summed E-state index contributed by atoms with van der Waals surface area (Å²) >= 11 is 1.87. The van der Waals surface area contributed by atoms with Gasteiger partial charge in [0.2, 0.25) is 0 Å². The van der Waals surface area contributed by atoms with Crippen molar-refractivity contribution in [1.82, 2.24) is 4.57 Å². The van der Waals surface area contributed by atoms with Crippen molar-refractivity contribution < 1.29 is 4.42 Å². The number of anilines is 3. The molecule has 0 amide bonds. The molecule has 0 aliphatic heterocycles. The molecule has 58 heavy (non-hydrogen) atoms. The molecule has 0 saturated heterocycles. The first-order chi connectivity index (χ1) is 28.8. The number of rotatable bonds is 6. The number of benzene rings is 9. The second kappa shape index (κ2) is 13.1. The molecule has 272 valence electrons. The second-order valence-electron chi connectivity index (χ2n) is 14.9. The van der Waals surface area contributed by atoms with E-state index in [4.69, 9.17) is 4.42 Å². The van der Waals surface area contributed by atoms with Crippen LogP contribution in [0.3, 0.4) is 0 Å². The molecule has 4 heteroatoms. The standard InChI is InChI=1S/C54H34N2OS/c1-3-14-35(15-4-1)36-26-28-38(29-27-36)55(39-30-31-42-41-19-8-11-24-51(41)57-52(42)32-39)49-34-50-46(40-18-7-10-23-48(40)56(50)37-16-5-2-6-17-37)33-47(49)45-22-13-21-44-43-20-9-12-25-53(43)58-54(44)45/h1-34H. The van der Waals surface area contributed by atoms with Gasteiger partial charge in [0.05, 0.1) is 16.7 Å². The Hall–Kier alpha value is -7.40. The van der Waals surface area contributed by atoms with E-state index in [-0.39, 0.29) is 0 Å². The molecule has 0 unspecified atom stereocenters. The average Bonchev–Trinajstić information content (AvgIpc) is 3.96. The van der Waals surface area contributed by atoms with Crippen LogP contribution in [0.5, 0.6) is 0 Å². The molecule has 0 spiro atoms. The summed E-state index contributed by atoms with van der Waals surface area (Å²) in [6.45, 7) is 0. The van der Waals surface area contributed by atoms with Crippen molar-refractivity contribution in [3.63, 3.8) is 0 Å². The van der Waals surface area contributed by atoms with Crippen LogP contribution >= 0.6 is 11.3 Å². The average molecular weight is 759 g/mol. The number of hydrogen-bond donors (Lipinski definition) is 0. The van der Waals surface area contributed by atoms with E-state index in [1.807, 2.05) is 17.4 Å². The molecule has 0 aliphatic rings. The lowest BCUT2D eigenvalue weighted by Crippen LogP contribution is -2.11. The van der Waals surface area contributed by atoms with Gasteiger partial charge in [-0.05, 0) is 77.9 Å². The van der Waals surface area contributed by atoms with E-state index in [2.05, 4.69) is 210 Å². The molecule has 3 heterocycles. The Balaban J connectivity index is 1.20. The maximum Gasteiger partial charge on any atom is 0.137 e. The highest BCUT2D eigenvalue weighted by molar-refractivity contribution is 7.26. The summed E-state index contributed by atoms with van der Waals surface area (Å²) in [5, 5.41) is 7.22. The summed E-state index contributed by atoms with van der Waals surface area (Å²) < 4.78 is 11.5. The van der Waals surface area contributed by atoms with Crippen LogP contribution in [0.15, 0.2) is 211 Å². The van der Waals surface area contributed by atoms with Gasteiger partial charge in [-0.25, -0.2) is 0 Å². The van der Waals surface area contributed by atoms with Crippen LogP contribution in [-0.4, -0.2) is 4.57 Å². The van der Waals surface area contributed by atoms with Crippen LogP contribution in [0.25, 0.3) is 91.9 Å². The first kappa shape index (κ1) is 32.8. The van der Waals surface area contributed by atoms with Gasteiger partial charge in [0.15, 0.2) is 0 Å². The zero-order valence-corrected chi connectivity index (χ0v) is 32.2. The van der Waals surface area contributed by atoms with Gasteiger partial charge < -0.3 is 13.9 Å². The van der Waals surface area contributed by atoms with E-state index in [0.29, 0.717) is 0 Å². The summed E-state index contributed by atoms with van der Waals surface area (Å²) in [7, 11) is 0. The first-order valence-electron chi connectivity index (χ1n) is 19.7. The second-order valence-corrected chi connectivity index (χ2v) is 15.9. The van der Waals surface area contributed by atoms with Crippen LogP contribution in [0, 0.1) is 0 Å². The van der Waals surface area contributed by atoms with Crippen molar-refractivity contribution in [2.75, 3.05) is 4.90 Å². The monoisotopic (exact) mass is 758 g/mol. The highest BCUT2D eigenvalue weighted by Crippen LogP contribution is 2.49. The normalized spacial score (nSPS) is 11.8. The smallest absolute Gasteiger partial charge is 0.137 e. The van der Waals surface area contributed by atoms with Gasteiger partial charge in [0.25, 0.3) is 0 Å². The molecule has 9 aromatic carbocycles. The summed E-state index contributed by atoms with van der Waals surface area (Å²) in [6, 6.07) is 74.5. The summed E-state index contributed by atoms with van der Waals surface area (Å²) in [4.78, 5) is 2.43. The third-order valence-electron chi connectivity index (χ3n) is 11.6. The van der Waals surface area contributed by atoms with Gasteiger partial charge in [-0.2, -0.15) is 0 Å². The van der Waals surface area contributed by atoms with Crippen molar-refractivity contribution in [2.45, 2.75) is 0 Å². The summed E-state index contributed by atoms with van der Waals surface area (Å²) in [5.41, 5.74) is 13.1. The van der Waals surface area contributed by atoms with Crippen molar-refractivity contribution in [1.29, 1.82) is 0 Å². The Morgan fingerprint density at radius 2 is 1.05 bits per heavy atom. The fourth-order valence-corrected chi connectivity index (χ4v) is 10.2. The number of thiophene rings is 1. The zero-order valence-electron chi connectivity index (χ0n) is 31.3. The molecule has 12 rings (SSSR count). The molecular weight excluding hydrogens is 725 g/mol. The van der Waals surface area contributed by atoms with Crippen molar-refractivity contribution in [3.05, 3.63) is 206 Å². The van der Waals surface area contributed by atoms with Crippen molar-refractivity contribution in [2.24, 2.45) is 0 Å². The fourth-order valence-electron chi connectivity index (χ4n) is 8.93. The van der Waals surface area contributed by atoms with Gasteiger partial charge in [0, 0.05) is 76.0 Å². The quantitative estimate of drug-likeness (QED) is 0.168. The Morgan fingerprint density at radius 1 is 0.397 bits per heavy atom.